The summed E-state index contributed by atoms with van der Waals surface area (Å²) in [6.45, 7) is 3.99. The molecule has 1 aromatic carbocycles. The van der Waals surface area contributed by atoms with Gasteiger partial charge in [0.15, 0.2) is 0 Å². The maximum absolute atomic E-state index is 6.22. The topological polar surface area (TPSA) is 56.3 Å². The van der Waals surface area contributed by atoms with Crippen molar-refractivity contribution in [3.63, 3.8) is 0 Å². The highest BCUT2D eigenvalue weighted by Crippen LogP contribution is 2.32. The molecule has 2 aromatic rings. The van der Waals surface area contributed by atoms with Crippen molar-refractivity contribution in [3.05, 3.63) is 23.4 Å². The molecule has 4 rings (SSSR count). The minimum Gasteiger partial charge on any atom is -0.369 e. The molecule has 2 N–H and O–H groups in total. The maximum atomic E-state index is 6.22. The van der Waals surface area contributed by atoms with Crippen molar-refractivity contribution >= 4 is 34.0 Å². The van der Waals surface area contributed by atoms with Gasteiger partial charge in [-0.2, -0.15) is 5.10 Å². The van der Waals surface area contributed by atoms with Crippen LogP contribution in [0.3, 0.4) is 0 Å². The van der Waals surface area contributed by atoms with E-state index in [1.165, 1.54) is 0 Å². The smallest absolute Gasteiger partial charge is 0.0939 e. The normalized spacial score (nSPS) is 25.5. The Morgan fingerprint density at radius 2 is 2.30 bits per heavy atom. The van der Waals surface area contributed by atoms with E-state index in [1.54, 1.807) is 0 Å². The molecular formula is C14H16ClN5. The van der Waals surface area contributed by atoms with Crippen LogP contribution < -0.4 is 10.2 Å². The molecule has 3 heterocycles. The number of rotatable bonds is 1. The van der Waals surface area contributed by atoms with Crippen LogP contribution in [0.15, 0.2) is 23.3 Å². The highest BCUT2D eigenvalue weighted by atomic mass is 35.5. The Labute approximate surface area is 122 Å². The monoisotopic (exact) mass is 289 g/mol. The first-order valence-electron chi connectivity index (χ1n) is 6.89. The molecule has 20 heavy (non-hydrogen) atoms. The van der Waals surface area contributed by atoms with Crippen LogP contribution in [0.1, 0.15) is 13.3 Å². The summed E-state index contributed by atoms with van der Waals surface area (Å²) in [5.74, 6) is 1.06. The Morgan fingerprint density at radius 1 is 1.40 bits per heavy atom. The zero-order chi connectivity index (χ0) is 13.7. The molecule has 0 bridgehead atoms. The average Bonchev–Trinajstić information content (AvgIpc) is 3.01. The summed E-state index contributed by atoms with van der Waals surface area (Å²) < 4.78 is 0. The number of aliphatic imine (C=N–C) groups is 1. The van der Waals surface area contributed by atoms with Gasteiger partial charge in [-0.1, -0.05) is 11.6 Å². The van der Waals surface area contributed by atoms with E-state index < -0.39 is 0 Å². The second-order valence-electron chi connectivity index (χ2n) is 5.52. The number of aromatic amines is 1. The Balaban J connectivity index is 1.69. The van der Waals surface area contributed by atoms with E-state index in [9.17, 15) is 0 Å². The van der Waals surface area contributed by atoms with Gasteiger partial charge in [0.05, 0.1) is 29.6 Å². The van der Waals surface area contributed by atoms with E-state index in [-0.39, 0.29) is 0 Å². The van der Waals surface area contributed by atoms with Crippen LogP contribution in [0, 0.1) is 0 Å². The number of nitrogens with zero attached hydrogens (tertiary/aromatic N) is 3. The molecule has 1 fully saturated rings. The van der Waals surface area contributed by atoms with Crippen molar-refractivity contribution < 1.29 is 0 Å². The number of H-pyrrole nitrogens is 1. The molecule has 2 aliphatic heterocycles. The van der Waals surface area contributed by atoms with Crippen LogP contribution in [0.2, 0.25) is 5.02 Å². The van der Waals surface area contributed by atoms with Gasteiger partial charge in [-0.25, -0.2) is 0 Å². The quantitative estimate of drug-likeness (QED) is 0.846. The van der Waals surface area contributed by atoms with E-state index in [2.05, 4.69) is 25.4 Å². The Kier molecular flexibility index (Phi) is 2.63. The molecule has 2 aliphatic rings. The third kappa shape index (κ3) is 1.85. The lowest BCUT2D eigenvalue weighted by atomic mass is 10.00. The molecule has 1 saturated heterocycles. The van der Waals surface area contributed by atoms with Crippen LogP contribution in [0.25, 0.3) is 10.9 Å². The van der Waals surface area contributed by atoms with Crippen molar-refractivity contribution in [1.82, 2.24) is 15.5 Å². The maximum Gasteiger partial charge on any atom is 0.0939 e. The summed E-state index contributed by atoms with van der Waals surface area (Å²) in [6, 6.07) is 4.78. The molecule has 5 nitrogen and oxygen atoms in total. The predicted octanol–water partition coefficient (Wildman–Crippen LogP) is 2.19. The lowest BCUT2D eigenvalue weighted by molar-refractivity contribution is 0.440. The number of fused-ring (bicyclic) bond motifs is 2. The minimum atomic E-state index is 0.407. The van der Waals surface area contributed by atoms with Crippen molar-refractivity contribution in [2.75, 3.05) is 18.0 Å². The molecule has 2 atom stereocenters. The summed E-state index contributed by atoms with van der Waals surface area (Å²) in [5, 5.41) is 12.5. The molecular weight excluding hydrogens is 274 g/mol. The zero-order valence-electron chi connectivity index (χ0n) is 11.2. The van der Waals surface area contributed by atoms with E-state index in [4.69, 9.17) is 11.6 Å². The van der Waals surface area contributed by atoms with E-state index in [0.29, 0.717) is 12.1 Å². The van der Waals surface area contributed by atoms with Gasteiger partial charge < -0.3 is 10.2 Å². The van der Waals surface area contributed by atoms with Crippen molar-refractivity contribution in [2.24, 2.45) is 4.99 Å². The van der Waals surface area contributed by atoms with Crippen molar-refractivity contribution in [1.29, 1.82) is 0 Å². The Bertz CT molecular complexity index is 692. The number of aromatic nitrogens is 2. The lowest BCUT2D eigenvalue weighted by Gasteiger charge is -2.36. The van der Waals surface area contributed by atoms with Crippen molar-refractivity contribution in [3.8, 4) is 0 Å². The largest absolute Gasteiger partial charge is 0.369 e. The van der Waals surface area contributed by atoms with Crippen LogP contribution >= 0.6 is 11.6 Å². The van der Waals surface area contributed by atoms with Crippen LogP contribution in [0.5, 0.6) is 0 Å². The van der Waals surface area contributed by atoms with Gasteiger partial charge in [-0.05, 0) is 25.5 Å². The minimum absolute atomic E-state index is 0.407. The molecule has 104 valence electrons. The fraction of sp³-hybridized carbons (Fsp3) is 0.429. The summed E-state index contributed by atoms with van der Waals surface area (Å²) in [6.07, 6.45) is 2.94. The van der Waals surface area contributed by atoms with E-state index in [1.807, 2.05) is 25.3 Å². The number of hydrogen-bond acceptors (Lipinski definition) is 4. The number of halogens is 1. The first kappa shape index (κ1) is 12.0. The van der Waals surface area contributed by atoms with Crippen molar-refractivity contribution in [2.45, 2.75) is 25.4 Å². The lowest BCUT2D eigenvalue weighted by Crippen LogP contribution is -2.50. The van der Waals surface area contributed by atoms with Gasteiger partial charge >= 0.3 is 0 Å². The number of piperidine rings is 1. The van der Waals surface area contributed by atoms with Crippen LogP contribution in [-0.4, -0.2) is 41.2 Å². The molecule has 0 amide bonds. The van der Waals surface area contributed by atoms with Gasteiger partial charge in [0.2, 0.25) is 0 Å². The number of anilines is 1. The summed E-state index contributed by atoms with van der Waals surface area (Å²) >= 11 is 6.22. The zero-order valence-corrected chi connectivity index (χ0v) is 12.0. The number of benzene rings is 1. The molecule has 6 heteroatoms. The number of hydrogen-bond donors (Lipinski definition) is 2. The van der Waals surface area contributed by atoms with Gasteiger partial charge in [-0.15, -0.1) is 0 Å². The number of nitrogens with one attached hydrogen (secondary N) is 2. The average molecular weight is 290 g/mol. The predicted molar refractivity (Wildman–Crippen MR) is 81.8 cm³/mol. The van der Waals surface area contributed by atoms with E-state index >= 15 is 0 Å². The summed E-state index contributed by atoms with van der Waals surface area (Å²) in [7, 11) is 0. The van der Waals surface area contributed by atoms with E-state index in [0.717, 1.165) is 47.0 Å². The molecule has 0 radical (unpaired) electrons. The molecule has 2 unspecified atom stereocenters. The van der Waals surface area contributed by atoms with Gasteiger partial charge in [0.25, 0.3) is 0 Å². The van der Waals surface area contributed by atoms with Gasteiger partial charge in [0, 0.05) is 29.2 Å². The molecule has 1 aromatic heterocycles. The van der Waals surface area contributed by atoms with Crippen LogP contribution in [-0.2, 0) is 0 Å². The summed E-state index contributed by atoms with van der Waals surface area (Å²) in [5.41, 5.74) is 2.15. The number of amidine groups is 1. The summed E-state index contributed by atoms with van der Waals surface area (Å²) in [4.78, 5) is 7.02. The molecule has 0 saturated carbocycles. The highest BCUT2D eigenvalue weighted by Gasteiger charge is 2.33. The standard InChI is InChI=1S/C14H16ClN5/c1-8-17-11-2-3-20(7-13(11)18-8)14-5-9(15)4-12-10(14)6-16-19-12/h4-6,11,13H,2-3,7H2,1H3,(H,16,19)(H,17,18). The third-order valence-corrected chi connectivity index (χ3v) is 4.39. The first-order valence-corrected chi connectivity index (χ1v) is 7.27. The Hall–Kier alpha value is -1.75. The molecule has 0 spiro atoms. The Morgan fingerprint density at radius 3 is 3.20 bits per heavy atom. The fourth-order valence-corrected chi connectivity index (χ4v) is 3.48. The third-order valence-electron chi connectivity index (χ3n) is 4.17. The van der Waals surface area contributed by atoms with Gasteiger partial charge in [-0.3, -0.25) is 10.1 Å². The highest BCUT2D eigenvalue weighted by molar-refractivity contribution is 6.31. The SMILES string of the molecule is CC1=NC2CCN(c3cc(Cl)cc4[nH]ncc34)CC2N1. The molecule has 0 aliphatic carbocycles. The second-order valence-corrected chi connectivity index (χ2v) is 5.96. The van der Waals surface area contributed by atoms with Gasteiger partial charge in [0.1, 0.15) is 0 Å². The first-order chi connectivity index (χ1) is 9.70. The van der Waals surface area contributed by atoms with Crippen LogP contribution in [0.4, 0.5) is 5.69 Å². The fourth-order valence-electron chi connectivity index (χ4n) is 3.27. The second kappa shape index (κ2) is 4.38.